The third kappa shape index (κ3) is 5.48. The van der Waals surface area contributed by atoms with Gasteiger partial charge >= 0.3 is 0 Å². The van der Waals surface area contributed by atoms with Gasteiger partial charge in [-0.3, -0.25) is 0 Å². The SMILES string of the molecule is c1ccc(-c2cc(-c3nc(-c4ccccc4)nc(-c4ccccc4)n3)cc(-n3c4ccccc4c4ccc5c6ccc(-c7ccccc7)cc6sc5c43)c2)cc1. The number of fused-ring (bicyclic) bond motifs is 7. The van der Waals surface area contributed by atoms with Crippen LogP contribution in [0.3, 0.4) is 0 Å². The summed E-state index contributed by atoms with van der Waals surface area (Å²) in [6.07, 6.45) is 0. The zero-order valence-corrected chi connectivity index (χ0v) is 31.0. The van der Waals surface area contributed by atoms with Crippen molar-refractivity contribution in [1.29, 1.82) is 0 Å². The van der Waals surface area contributed by atoms with Crippen molar-refractivity contribution in [2.75, 3.05) is 0 Å². The molecule has 0 bridgehead atoms. The maximum atomic E-state index is 5.16. The van der Waals surface area contributed by atoms with E-state index in [-0.39, 0.29) is 0 Å². The Labute approximate surface area is 327 Å². The molecule has 0 aliphatic rings. The molecule has 11 rings (SSSR count). The molecule has 0 N–H and O–H groups in total. The molecular weight excluding hydrogens is 701 g/mol. The van der Waals surface area contributed by atoms with Crippen molar-refractivity contribution in [2.45, 2.75) is 0 Å². The molecule has 4 nitrogen and oxygen atoms in total. The van der Waals surface area contributed by atoms with E-state index in [1.165, 1.54) is 47.6 Å². The first-order chi connectivity index (χ1) is 27.7. The lowest BCUT2D eigenvalue weighted by Gasteiger charge is -2.14. The molecule has 0 saturated heterocycles. The molecule has 0 saturated carbocycles. The zero-order valence-electron chi connectivity index (χ0n) is 30.2. The van der Waals surface area contributed by atoms with E-state index in [0.717, 1.165) is 39.0 Å². The Bertz CT molecular complexity index is 3170. The summed E-state index contributed by atoms with van der Waals surface area (Å²) in [5.41, 5.74) is 10.9. The summed E-state index contributed by atoms with van der Waals surface area (Å²) in [5, 5.41) is 4.98. The average Bonchev–Trinajstić information content (AvgIpc) is 3.83. The number of aromatic nitrogens is 4. The lowest BCUT2D eigenvalue weighted by Crippen LogP contribution is -2.01. The van der Waals surface area contributed by atoms with Crippen molar-refractivity contribution < 1.29 is 0 Å². The molecule has 0 radical (unpaired) electrons. The highest BCUT2D eigenvalue weighted by molar-refractivity contribution is 7.26. The summed E-state index contributed by atoms with van der Waals surface area (Å²) >= 11 is 1.87. The van der Waals surface area contributed by atoms with Crippen LogP contribution < -0.4 is 0 Å². The lowest BCUT2D eigenvalue weighted by molar-refractivity contribution is 1.07. The Hall–Kier alpha value is -7.21. The van der Waals surface area contributed by atoms with Crippen LogP contribution in [-0.4, -0.2) is 19.5 Å². The first kappa shape index (κ1) is 32.2. The van der Waals surface area contributed by atoms with Gasteiger partial charge in [0, 0.05) is 48.6 Å². The van der Waals surface area contributed by atoms with Crippen molar-refractivity contribution in [3.63, 3.8) is 0 Å². The van der Waals surface area contributed by atoms with Crippen molar-refractivity contribution in [2.24, 2.45) is 0 Å². The summed E-state index contributed by atoms with van der Waals surface area (Å²) in [6, 6.07) is 68.6. The second-order valence-electron chi connectivity index (χ2n) is 14.0. The van der Waals surface area contributed by atoms with E-state index in [0.29, 0.717) is 17.5 Å². The van der Waals surface area contributed by atoms with E-state index in [2.05, 4.69) is 162 Å². The van der Waals surface area contributed by atoms with Crippen LogP contribution in [0.5, 0.6) is 0 Å². The van der Waals surface area contributed by atoms with Crippen LogP contribution in [0, 0.1) is 0 Å². The molecule has 0 aliphatic heterocycles. The van der Waals surface area contributed by atoms with E-state index in [1.54, 1.807) is 0 Å². The Morgan fingerprint density at radius 2 is 0.839 bits per heavy atom. The van der Waals surface area contributed by atoms with E-state index >= 15 is 0 Å². The first-order valence-corrected chi connectivity index (χ1v) is 19.6. The van der Waals surface area contributed by atoms with Crippen LogP contribution in [0.1, 0.15) is 0 Å². The second kappa shape index (κ2) is 13.3. The van der Waals surface area contributed by atoms with E-state index in [9.17, 15) is 0 Å². The summed E-state index contributed by atoms with van der Waals surface area (Å²) in [5.74, 6) is 1.90. The molecule has 0 fully saturated rings. The van der Waals surface area contributed by atoms with Gasteiger partial charge in [-0.05, 0) is 52.6 Å². The molecule has 0 aliphatic carbocycles. The first-order valence-electron chi connectivity index (χ1n) is 18.8. The number of hydrogen-bond donors (Lipinski definition) is 0. The number of hydrogen-bond acceptors (Lipinski definition) is 4. The molecule has 56 heavy (non-hydrogen) atoms. The third-order valence-corrected chi connectivity index (χ3v) is 11.8. The van der Waals surface area contributed by atoms with Crippen molar-refractivity contribution in [3.8, 4) is 62.1 Å². The number of thiophene rings is 1. The fourth-order valence-electron chi connectivity index (χ4n) is 7.96. The Kier molecular flexibility index (Phi) is 7.64. The van der Waals surface area contributed by atoms with Crippen LogP contribution in [0.25, 0.3) is 104 Å². The molecule has 11 aromatic rings. The molecule has 262 valence electrons. The van der Waals surface area contributed by atoms with Crippen molar-refractivity contribution in [3.05, 3.63) is 194 Å². The van der Waals surface area contributed by atoms with Gasteiger partial charge in [-0.1, -0.05) is 164 Å². The van der Waals surface area contributed by atoms with Crippen molar-refractivity contribution in [1.82, 2.24) is 19.5 Å². The molecule has 0 spiro atoms. The van der Waals surface area contributed by atoms with E-state index < -0.39 is 0 Å². The Morgan fingerprint density at radius 3 is 1.48 bits per heavy atom. The minimum Gasteiger partial charge on any atom is -0.308 e. The summed E-state index contributed by atoms with van der Waals surface area (Å²) in [7, 11) is 0. The minimum absolute atomic E-state index is 0.623. The van der Waals surface area contributed by atoms with E-state index in [4.69, 9.17) is 15.0 Å². The van der Waals surface area contributed by atoms with Crippen LogP contribution in [0.15, 0.2) is 194 Å². The highest BCUT2D eigenvalue weighted by Crippen LogP contribution is 2.44. The normalized spacial score (nSPS) is 11.6. The second-order valence-corrected chi connectivity index (χ2v) is 15.1. The summed E-state index contributed by atoms with van der Waals surface area (Å²) in [6.45, 7) is 0. The number of nitrogens with zero attached hydrogens (tertiary/aromatic N) is 4. The molecule has 5 heteroatoms. The topological polar surface area (TPSA) is 43.6 Å². The highest BCUT2D eigenvalue weighted by Gasteiger charge is 2.20. The van der Waals surface area contributed by atoms with Crippen LogP contribution in [-0.2, 0) is 0 Å². The molecule has 0 amide bonds. The smallest absolute Gasteiger partial charge is 0.164 e. The van der Waals surface area contributed by atoms with Gasteiger partial charge in [-0.25, -0.2) is 15.0 Å². The molecule has 0 unspecified atom stereocenters. The molecule has 3 aromatic heterocycles. The summed E-state index contributed by atoms with van der Waals surface area (Å²) in [4.78, 5) is 15.3. The predicted molar refractivity (Wildman–Crippen MR) is 234 cm³/mol. The number of rotatable bonds is 6. The highest BCUT2D eigenvalue weighted by atomic mass is 32.1. The summed E-state index contributed by atoms with van der Waals surface area (Å²) < 4.78 is 4.99. The Balaban J connectivity index is 1.20. The van der Waals surface area contributed by atoms with Crippen LogP contribution in [0.4, 0.5) is 0 Å². The maximum absolute atomic E-state index is 5.16. The quantitative estimate of drug-likeness (QED) is 0.171. The molecule has 8 aromatic carbocycles. The van der Waals surface area contributed by atoms with Gasteiger partial charge in [-0.2, -0.15) is 0 Å². The van der Waals surface area contributed by atoms with Crippen LogP contribution >= 0.6 is 11.3 Å². The van der Waals surface area contributed by atoms with Gasteiger partial charge in [-0.15, -0.1) is 11.3 Å². The van der Waals surface area contributed by atoms with Gasteiger partial charge in [0.1, 0.15) is 0 Å². The van der Waals surface area contributed by atoms with Crippen molar-refractivity contribution >= 4 is 53.3 Å². The van der Waals surface area contributed by atoms with Gasteiger partial charge in [0.15, 0.2) is 17.5 Å². The number of para-hydroxylation sites is 1. The van der Waals surface area contributed by atoms with Gasteiger partial charge in [0.2, 0.25) is 0 Å². The largest absolute Gasteiger partial charge is 0.308 e. The van der Waals surface area contributed by atoms with E-state index in [1.807, 2.05) is 47.7 Å². The Morgan fingerprint density at radius 1 is 0.339 bits per heavy atom. The zero-order chi connectivity index (χ0) is 37.0. The molecule has 3 heterocycles. The lowest BCUT2D eigenvalue weighted by atomic mass is 10.0. The molecular formula is C51H32N4S. The van der Waals surface area contributed by atoms with Crippen LogP contribution in [0.2, 0.25) is 0 Å². The standard InChI is InChI=1S/C51H32N4S/c1-5-15-33(16-6-1)37-25-26-42-44-28-27-43-41-23-13-14-24-45(41)55(47(43)48(44)56-46(42)32-37)40-30-38(34-17-7-2-8-18-34)29-39(31-40)51-53-49(35-19-9-3-10-20-35)52-50(54-51)36-21-11-4-12-22-36/h1-32H. The molecule has 0 atom stereocenters. The van der Waals surface area contributed by atoms with Gasteiger partial charge in [0.05, 0.1) is 15.7 Å². The third-order valence-electron chi connectivity index (χ3n) is 10.6. The fourth-order valence-corrected chi connectivity index (χ4v) is 9.24. The van der Waals surface area contributed by atoms with Gasteiger partial charge in [0.25, 0.3) is 0 Å². The number of benzene rings is 8. The maximum Gasteiger partial charge on any atom is 0.164 e. The van der Waals surface area contributed by atoms with Gasteiger partial charge < -0.3 is 4.57 Å². The minimum atomic E-state index is 0.623. The monoisotopic (exact) mass is 732 g/mol. The fraction of sp³-hybridized carbons (Fsp3) is 0. The average molecular weight is 733 g/mol. The predicted octanol–water partition coefficient (Wildman–Crippen LogP) is 13.7.